The predicted molar refractivity (Wildman–Crippen MR) is 153 cm³/mol. The quantitative estimate of drug-likeness (QED) is 0.176. The number of hydrogen-bond donors (Lipinski definition) is 6. The topological polar surface area (TPSA) is 229 Å². The number of nitro benzene ring substituents is 1. The molecule has 3 aromatic rings. The highest BCUT2D eigenvalue weighted by Gasteiger charge is 2.31. The van der Waals surface area contributed by atoms with Crippen molar-refractivity contribution in [3.63, 3.8) is 0 Å². The van der Waals surface area contributed by atoms with Crippen LogP contribution in [-0.2, 0) is 32.0 Å². The number of nitro groups is 1. The molecule has 0 aromatic heterocycles. The summed E-state index contributed by atoms with van der Waals surface area (Å²) in [7, 11) is 0. The van der Waals surface area contributed by atoms with Crippen LogP contribution < -0.4 is 32.2 Å². The Balaban J connectivity index is 1.80. The van der Waals surface area contributed by atoms with Crippen LogP contribution in [0.4, 0.5) is 5.69 Å². The van der Waals surface area contributed by atoms with E-state index in [1.54, 1.807) is 12.1 Å². The average molecular weight is 591 g/mol. The standard InChI is InChI=1S/C29H30N6O8/c1-15(26(31)37)32-29(40)25-18-3-2-4-20(14-18)43-24-10-7-17(13-23(24)35(41)42)11-21(30)27(38)33-22(28(39)34-25)12-16-5-8-19(36)9-6-16/h2-10,13-15,21-22,25,36H,11-12,30H2,1H3,(H2,31,37)(H,32,40)(H,33,38)(H,34,39)/t15-,21-,22+,25+/m0/s1. The van der Waals surface area contributed by atoms with Crippen molar-refractivity contribution in [3.05, 3.63) is 93.5 Å². The molecule has 0 saturated carbocycles. The third kappa shape index (κ3) is 7.62. The molecule has 5 rings (SSSR count). The Morgan fingerprint density at radius 3 is 2.49 bits per heavy atom. The smallest absolute Gasteiger partial charge is 0.311 e. The summed E-state index contributed by atoms with van der Waals surface area (Å²) in [6, 6.07) is 11.1. The van der Waals surface area contributed by atoms with E-state index in [1.807, 2.05) is 0 Å². The van der Waals surface area contributed by atoms with Crippen molar-refractivity contribution in [2.45, 2.75) is 43.9 Å². The highest BCUT2D eigenvalue weighted by Crippen LogP contribution is 2.33. The summed E-state index contributed by atoms with van der Waals surface area (Å²) in [5.74, 6) is -3.05. The lowest BCUT2D eigenvalue weighted by atomic mass is 10.0. The lowest BCUT2D eigenvalue weighted by Crippen LogP contribution is -2.55. The third-order valence-corrected chi connectivity index (χ3v) is 6.78. The van der Waals surface area contributed by atoms with E-state index in [4.69, 9.17) is 16.2 Å². The van der Waals surface area contributed by atoms with Crippen LogP contribution in [0.25, 0.3) is 0 Å². The van der Waals surface area contributed by atoms with E-state index in [0.29, 0.717) is 11.1 Å². The van der Waals surface area contributed by atoms with Gasteiger partial charge < -0.3 is 37.3 Å². The van der Waals surface area contributed by atoms with Gasteiger partial charge in [-0.2, -0.15) is 0 Å². The fourth-order valence-electron chi connectivity index (χ4n) is 4.42. The maximum absolute atomic E-state index is 13.7. The molecule has 0 saturated heterocycles. The summed E-state index contributed by atoms with van der Waals surface area (Å²) in [5, 5.41) is 29.2. The van der Waals surface area contributed by atoms with Gasteiger partial charge in [-0.3, -0.25) is 29.3 Å². The normalized spacial score (nSPS) is 19.3. The molecule has 4 atom stereocenters. The SMILES string of the molecule is C[C@H](NC(=O)[C@@H]1NC(=O)[C@@H](Cc2ccc(O)cc2)NC(=O)[C@@H](N)Cc2ccc(c([N+](=O)[O-])c2)Oc2cccc1c2)C(N)=O. The molecule has 3 aromatic carbocycles. The van der Waals surface area contributed by atoms with E-state index in [9.17, 15) is 34.4 Å². The predicted octanol–water partition coefficient (Wildman–Crippen LogP) is 0.851. The van der Waals surface area contributed by atoms with Gasteiger partial charge in [0.05, 0.1) is 11.0 Å². The number of hydrogen-bond acceptors (Lipinski definition) is 9. The fraction of sp³-hybridized carbons (Fsp3) is 0.241. The number of phenolic OH excluding ortho intramolecular Hbond substituents is 1. The number of carbonyl (C=O) groups excluding carboxylic acids is 4. The minimum absolute atomic E-state index is 0.000215. The van der Waals surface area contributed by atoms with Gasteiger partial charge in [0.25, 0.3) is 0 Å². The van der Waals surface area contributed by atoms with Gasteiger partial charge in [0, 0.05) is 12.5 Å². The monoisotopic (exact) mass is 590 g/mol. The van der Waals surface area contributed by atoms with Crippen molar-refractivity contribution in [2.75, 3.05) is 0 Å². The Morgan fingerprint density at radius 1 is 1.09 bits per heavy atom. The summed E-state index contributed by atoms with van der Waals surface area (Å²) in [4.78, 5) is 63.1. The molecule has 14 nitrogen and oxygen atoms in total. The molecule has 4 amide bonds. The number of fused-ring (bicyclic) bond motifs is 9. The number of amides is 4. The van der Waals surface area contributed by atoms with Crippen molar-refractivity contribution >= 4 is 29.3 Å². The first kappa shape index (κ1) is 30.5. The molecular weight excluding hydrogens is 560 g/mol. The molecule has 14 heteroatoms. The number of phenols is 1. The van der Waals surface area contributed by atoms with Gasteiger partial charge in [-0.05, 0) is 60.4 Å². The number of benzene rings is 3. The fourth-order valence-corrected chi connectivity index (χ4v) is 4.42. The van der Waals surface area contributed by atoms with Crippen LogP contribution in [-0.4, -0.2) is 51.8 Å². The molecule has 2 aliphatic heterocycles. The Bertz CT molecular complexity index is 1560. The second-order valence-corrected chi connectivity index (χ2v) is 10.1. The van der Waals surface area contributed by atoms with Crippen LogP contribution in [0.5, 0.6) is 17.2 Å². The van der Waals surface area contributed by atoms with Gasteiger partial charge in [0.2, 0.25) is 29.4 Å². The molecule has 2 heterocycles. The molecule has 0 aliphatic carbocycles. The highest BCUT2D eigenvalue weighted by molar-refractivity contribution is 5.95. The maximum atomic E-state index is 13.7. The van der Waals surface area contributed by atoms with E-state index < -0.39 is 52.7 Å². The Morgan fingerprint density at radius 2 is 1.81 bits per heavy atom. The van der Waals surface area contributed by atoms with Crippen molar-refractivity contribution in [1.82, 2.24) is 16.0 Å². The minimum Gasteiger partial charge on any atom is -0.508 e. The molecule has 224 valence electrons. The molecule has 0 fully saturated rings. The number of ether oxygens (including phenoxy) is 1. The first-order valence-corrected chi connectivity index (χ1v) is 13.2. The van der Waals surface area contributed by atoms with Gasteiger partial charge in [0.15, 0.2) is 0 Å². The number of rotatable bonds is 6. The van der Waals surface area contributed by atoms with Gasteiger partial charge in [-0.1, -0.05) is 30.3 Å². The Hall–Kier alpha value is -5.50. The van der Waals surface area contributed by atoms with Gasteiger partial charge in [-0.15, -0.1) is 0 Å². The first-order chi connectivity index (χ1) is 20.4. The number of nitrogens with one attached hydrogen (secondary N) is 3. The van der Waals surface area contributed by atoms with E-state index >= 15 is 0 Å². The largest absolute Gasteiger partial charge is 0.508 e. The molecular formula is C29H30N6O8. The van der Waals surface area contributed by atoms with Crippen LogP contribution in [0.1, 0.15) is 29.7 Å². The zero-order valence-electron chi connectivity index (χ0n) is 23.0. The molecule has 2 aliphatic rings. The molecule has 8 N–H and O–H groups in total. The third-order valence-electron chi connectivity index (χ3n) is 6.78. The maximum Gasteiger partial charge on any atom is 0.311 e. The van der Waals surface area contributed by atoms with Gasteiger partial charge in [0.1, 0.15) is 29.6 Å². The zero-order valence-corrected chi connectivity index (χ0v) is 23.0. The summed E-state index contributed by atoms with van der Waals surface area (Å²) in [6.45, 7) is 1.37. The van der Waals surface area contributed by atoms with Gasteiger partial charge >= 0.3 is 5.69 Å². The number of nitrogens with two attached hydrogens (primary N) is 2. The average Bonchev–Trinajstić information content (AvgIpc) is 2.96. The van der Waals surface area contributed by atoms with Crippen LogP contribution in [0.3, 0.4) is 0 Å². The van der Waals surface area contributed by atoms with E-state index in [1.165, 1.54) is 61.5 Å². The van der Waals surface area contributed by atoms with Crippen molar-refractivity contribution in [1.29, 1.82) is 0 Å². The summed E-state index contributed by atoms with van der Waals surface area (Å²) >= 11 is 0. The van der Waals surface area contributed by atoms with Crippen molar-refractivity contribution in [2.24, 2.45) is 11.5 Å². The van der Waals surface area contributed by atoms with Crippen LogP contribution in [0, 0.1) is 10.1 Å². The van der Waals surface area contributed by atoms with Crippen LogP contribution in [0.2, 0.25) is 0 Å². The van der Waals surface area contributed by atoms with Crippen molar-refractivity contribution in [3.8, 4) is 17.2 Å². The number of nitrogens with zero attached hydrogens (tertiary/aromatic N) is 1. The molecule has 0 radical (unpaired) electrons. The number of aromatic hydroxyl groups is 1. The first-order valence-electron chi connectivity index (χ1n) is 13.2. The highest BCUT2D eigenvalue weighted by atomic mass is 16.6. The zero-order chi connectivity index (χ0) is 31.3. The second-order valence-electron chi connectivity index (χ2n) is 10.1. The van der Waals surface area contributed by atoms with E-state index in [2.05, 4.69) is 16.0 Å². The lowest BCUT2D eigenvalue weighted by molar-refractivity contribution is -0.385. The number of carbonyl (C=O) groups is 4. The number of primary amides is 1. The summed E-state index contributed by atoms with van der Waals surface area (Å²) in [6.07, 6.45) is -0.133. The van der Waals surface area contributed by atoms with Gasteiger partial charge in [-0.25, -0.2) is 0 Å². The molecule has 0 unspecified atom stereocenters. The summed E-state index contributed by atoms with van der Waals surface area (Å²) in [5.41, 5.74) is 12.3. The minimum atomic E-state index is -1.41. The van der Waals surface area contributed by atoms with E-state index in [0.717, 1.165) is 0 Å². The lowest BCUT2D eigenvalue weighted by Gasteiger charge is -2.26. The Labute approximate surface area is 245 Å². The second kappa shape index (κ2) is 13.0. The van der Waals surface area contributed by atoms with Crippen molar-refractivity contribution < 1.29 is 33.9 Å². The molecule has 0 spiro atoms. The Kier molecular flexibility index (Phi) is 9.20. The van der Waals surface area contributed by atoms with E-state index in [-0.39, 0.29) is 41.3 Å². The van der Waals surface area contributed by atoms with Crippen LogP contribution in [0.15, 0.2) is 66.7 Å². The summed E-state index contributed by atoms with van der Waals surface area (Å²) < 4.78 is 5.81. The van der Waals surface area contributed by atoms with Crippen LogP contribution >= 0.6 is 0 Å². The molecule has 4 bridgehead atoms. The molecule has 43 heavy (non-hydrogen) atoms.